The summed E-state index contributed by atoms with van der Waals surface area (Å²) in [6, 6.07) is 0. The lowest BCUT2D eigenvalue weighted by molar-refractivity contribution is 0.687. The van der Waals surface area contributed by atoms with Gasteiger partial charge in [-0.05, 0) is 18.8 Å². The lowest BCUT2D eigenvalue weighted by atomic mass is 10.2. The molecule has 1 heterocycles. The van der Waals surface area contributed by atoms with Crippen LogP contribution in [0.1, 0.15) is 25.7 Å². The van der Waals surface area contributed by atoms with Gasteiger partial charge >= 0.3 is 0 Å². The van der Waals surface area contributed by atoms with E-state index in [2.05, 4.69) is 10.3 Å². The number of hydrogen-bond donors (Lipinski definition) is 1. The molecular weight excluding hydrogens is 204 g/mol. The molecule has 2 nitrogen and oxygen atoms in total. The van der Waals surface area contributed by atoms with E-state index in [9.17, 15) is 0 Å². The Kier molecular flexibility index (Phi) is 3.06. The number of thiazole rings is 1. The fourth-order valence-electron chi connectivity index (χ4n) is 1.33. The van der Waals surface area contributed by atoms with Crippen LogP contribution in [0.3, 0.4) is 0 Å². The molecule has 1 aromatic heterocycles. The molecule has 1 N–H and O–H groups in total. The summed E-state index contributed by atoms with van der Waals surface area (Å²) < 4.78 is 0. The molecule has 0 atom stereocenters. The molecule has 0 unspecified atom stereocenters. The van der Waals surface area contributed by atoms with E-state index in [-0.39, 0.29) is 0 Å². The van der Waals surface area contributed by atoms with Crippen LogP contribution in [0.5, 0.6) is 0 Å². The normalized spacial score (nSPS) is 16.1. The van der Waals surface area contributed by atoms with Gasteiger partial charge in [0, 0.05) is 11.9 Å². The number of nitrogens with zero attached hydrogens (tertiary/aromatic N) is 1. The van der Waals surface area contributed by atoms with E-state index in [4.69, 9.17) is 11.6 Å². The number of nitrogens with one attached hydrogen (secondary N) is 1. The molecule has 1 saturated carbocycles. The minimum absolute atomic E-state index is 0.592. The quantitative estimate of drug-likeness (QED) is 0.764. The molecule has 2 rings (SSSR count). The number of anilines is 1. The summed E-state index contributed by atoms with van der Waals surface area (Å²) in [4.78, 5) is 4.12. The zero-order chi connectivity index (χ0) is 9.10. The smallest absolute Gasteiger partial charge is 0.184 e. The van der Waals surface area contributed by atoms with Crippen molar-refractivity contribution in [3.05, 3.63) is 10.5 Å². The molecule has 1 fully saturated rings. The van der Waals surface area contributed by atoms with Gasteiger partial charge in [-0.1, -0.05) is 24.4 Å². The molecule has 1 aliphatic carbocycles. The van der Waals surface area contributed by atoms with Crippen LogP contribution in [0.15, 0.2) is 5.38 Å². The summed E-state index contributed by atoms with van der Waals surface area (Å²) in [6.45, 7) is 1.03. The molecule has 72 valence electrons. The first-order valence-corrected chi connectivity index (χ1v) is 5.95. The van der Waals surface area contributed by atoms with E-state index in [1.807, 2.05) is 5.38 Å². The SMILES string of the molecule is Clc1csc(NCCCC2CC2)n1. The van der Waals surface area contributed by atoms with Crippen molar-refractivity contribution in [1.82, 2.24) is 4.98 Å². The Hall–Kier alpha value is -0.280. The minimum Gasteiger partial charge on any atom is -0.361 e. The number of aromatic nitrogens is 1. The molecule has 0 aliphatic heterocycles. The second-order valence-electron chi connectivity index (χ2n) is 3.49. The van der Waals surface area contributed by atoms with Crippen molar-refractivity contribution in [1.29, 1.82) is 0 Å². The molecule has 0 spiro atoms. The topological polar surface area (TPSA) is 24.9 Å². The molecule has 1 aromatic rings. The maximum Gasteiger partial charge on any atom is 0.184 e. The highest BCUT2D eigenvalue weighted by Gasteiger charge is 2.19. The summed E-state index contributed by atoms with van der Waals surface area (Å²) in [5.41, 5.74) is 0. The van der Waals surface area contributed by atoms with Crippen molar-refractivity contribution in [2.45, 2.75) is 25.7 Å². The van der Waals surface area contributed by atoms with Crippen molar-refractivity contribution in [2.24, 2.45) is 5.92 Å². The van der Waals surface area contributed by atoms with Gasteiger partial charge in [0.05, 0.1) is 0 Å². The Morgan fingerprint density at radius 3 is 3.08 bits per heavy atom. The first-order valence-electron chi connectivity index (χ1n) is 4.69. The second kappa shape index (κ2) is 4.29. The molecule has 0 saturated heterocycles. The molecular formula is C9H13ClN2S. The summed E-state index contributed by atoms with van der Waals surface area (Å²) in [7, 11) is 0. The van der Waals surface area contributed by atoms with Gasteiger partial charge in [0.1, 0.15) is 5.15 Å². The highest BCUT2D eigenvalue weighted by Crippen LogP contribution is 2.33. The van der Waals surface area contributed by atoms with Crippen molar-refractivity contribution < 1.29 is 0 Å². The predicted octanol–water partition coefficient (Wildman–Crippen LogP) is 3.40. The zero-order valence-corrected chi connectivity index (χ0v) is 9.00. The average molecular weight is 217 g/mol. The third kappa shape index (κ3) is 3.16. The minimum atomic E-state index is 0.592. The zero-order valence-electron chi connectivity index (χ0n) is 7.42. The standard InChI is InChI=1S/C9H13ClN2S/c10-8-6-13-9(12-8)11-5-1-2-7-3-4-7/h6-7H,1-5H2,(H,11,12). The summed E-state index contributed by atoms with van der Waals surface area (Å²) in [6.07, 6.45) is 5.51. The van der Waals surface area contributed by atoms with Gasteiger partial charge in [-0.15, -0.1) is 11.3 Å². The van der Waals surface area contributed by atoms with Crippen molar-refractivity contribution in [2.75, 3.05) is 11.9 Å². The van der Waals surface area contributed by atoms with Gasteiger partial charge in [-0.25, -0.2) is 4.98 Å². The summed E-state index contributed by atoms with van der Waals surface area (Å²) >= 11 is 7.26. The van der Waals surface area contributed by atoms with Crippen LogP contribution in [0.25, 0.3) is 0 Å². The first kappa shape index (κ1) is 9.28. The molecule has 13 heavy (non-hydrogen) atoms. The van der Waals surface area contributed by atoms with E-state index in [0.29, 0.717) is 5.15 Å². The van der Waals surface area contributed by atoms with Crippen LogP contribution in [0, 0.1) is 5.92 Å². The molecule has 0 bridgehead atoms. The maximum atomic E-state index is 5.69. The average Bonchev–Trinajstić information content (AvgIpc) is 2.84. The van der Waals surface area contributed by atoms with Crippen LogP contribution in [-0.4, -0.2) is 11.5 Å². The molecule has 1 aliphatic rings. The van der Waals surface area contributed by atoms with Crippen LogP contribution < -0.4 is 5.32 Å². The van der Waals surface area contributed by atoms with E-state index in [0.717, 1.165) is 17.6 Å². The number of rotatable bonds is 5. The third-order valence-electron chi connectivity index (χ3n) is 2.24. The largest absolute Gasteiger partial charge is 0.361 e. The second-order valence-corrected chi connectivity index (χ2v) is 4.73. The van der Waals surface area contributed by atoms with Crippen LogP contribution in [0.2, 0.25) is 5.15 Å². The summed E-state index contributed by atoms with van der Waals surface area (Å²) in [5.74, 6) is 1.03. The maximum absolute atomic E-state index is 5.69. The van der Waals surface area contributed by atoms with Crippen LogP contribution >= 0.6 is 22.9 Å². The Bertz CT molecular complexity index is 270. The van der Waals surface area contributed by atoms with Crippen LogP contribution in [0.4, 0.5) is 5.13 Å². The van der Waals surface area contributed by atoms with Gasteiger partial charge in [0.15, 0.2) is 5.13 Å². The Labute approximate surface area is 87.3 Å². The third-order valence-corrected chi connectivity index (χ3v) is 3.36. The Balaban J connectivity index is 1.61. The van der Waals surface area contributed by atoms with Gasteiger partial charge in [0.2, 0.25) is 0 Å². The fraction of sp³-hybridized carbons (Fsp3) is 0.667. The predicted molar refractivity (Wildman–Crippen MR) is 57.6 cm³/mol. The molecule has 0 radical (unpaired) electrons. The van der Waals surface area contributed by atoms with E-state index < -0.39 is 0 Å². The van der Waals surface area contributed by atoms with Crippen molar-refractivity contribution in [3.63, 3.8) is 0 Å². The van der Waals surface area contributed by atoms with Crippen LogP contribution in [-0.2, 0) is 0 Å². The highest BCUT2D eigenvalue weighted by atomic mass is 35.5. The van der Waals surface area contributed by atoms with Crippen molar-refractivity contribution >= 4 is 28.1 Å². The molecule has 0 aromatic carbocycles. The summed E-state index contributed by atoms with van der Waals surface area (Å²) in [5, 5.41) is 6.66. The lowest BCUT2D eigenvalue weighted by Gasteiger charge is -2.00. The lowest BCUT2D eigenvalue weighted by Crippen LogP contribution is -2.00. The van der Waals surface area contributed by atoms with Crippen molar-refractivity contribution in [3.8, 4) is 0 Å². The molecule has 0 amide bonds. The molecule has 4 heteroatoms. The first-order chi connectivity index (χ1) is 6.34. The fourth-order valence-corrected chi connectivity index (χ4v) is 2.19. The van der Waals surface area contributed by atoms with E-state index >= 15 is 0 Å². The Morgan fingerprint density at radius 1 is 1.62 bits per heavy atom. The van der Waals surface area contributed by atoms with Gasteiger partial charge in [-0.2, -0.15) is 0 Å². The monoisotopic (exact) mass is 216 g/mol. The van der Waals surface area contributed by atoms with Gasteiger partial charge in [-0.3, -0.25) is 0 Å². The Morgan fingerprint density at radius 2 is 2.46 bits per heavy atom. The van der Waals surface area contributed by atoms with E-state index in [1.54, 1.807) is 11.3 Å². The van der Waals surface area contributed by atoms with E-state index in [1.165, 1.54) is 25.7 Å². The van der Waals surface area contributed by atoms with Gasteiger partial charge in [0.25, 0.3) is 0 Å². The number of hydrogen-bond acceptors (Lipinski definition) is 3. The van der Waals surface area contributed by atoms with Gasteiger partial charge < -0.3 is 5.32 Å². The number of halogens is 1. The highest BCUT2D eigenvalue weighted by molar-refractivity contribution is 7.14.